The lowest BCUT2D eigenvalue weighted by Gasteiger charge is -2.36. The lowest BCUT2D eigenvalue weighted by atomic mass is 10.2. The molecule has 1 fully saturated rings. The third kappa shape index (κ3) is 5.23. The monoisotopic (exact) mass is 431 g/mol. The highest BCUT2D eigenvalue weighted by atomic mass is 16.2. The molecule has 0 radical (unpaired) electrons. The number of amides is 1. The van der Waals surface area contributed by atoms with E-state index in [1.165, 1.54) is 11.8 Å². The Hall–Kier alpha value is -3.45. The molecule has 0 saturated carbocycles. The van der Waals surface area contributed by atoms with E-state index in [4.69, 9.17) is 0 Å². The summed E-state index contributed by atoms with van der Waals surface area (Å²) < 4.78 is 1.63. The molecular formula is C25H29N5O2. The molecule has 0 atom stereocenters. The Morgan fingerprint density at radius 3 is 2.22 bits per heavy atom. The van der Waals surface area contributed by atoms with E-state index in [-0.39, 0.29) is 11.1 Å². The molecule has 2 heterocycles. The van der Waals surface area contributed by atoms with Crippen LogP contribution in [0.15, 0.2) is 71.5 Å². The average Bonchev–Trinajstić information content (AvgIpc) is 2.83. The molecular weight excluding hydrogens is 402 g/mol. The van der Waals surface area contributed by atoms with Crippen LogP contribution in [0.4, 0.5) is 5.69 Å². The van der Waals surface area contributed by atoms with E-state index >= 15 is 0 Å². The number of anilines is 1. The van der Waals surface area contributed by atoms with Gasteiger partial charge in [0.15, 0.2) is 5.69 Å². The highest BCUT2D eigenvalue weighted by Crippen LogP contribution is 2.15. The van der Waals surface area contributed by atoms with E-state index in [1.54, 1.807) is 11.6 Å². The van der Waals surface area contributed by atoms with Crippen LogP contribution in [0.25, 0.3) is 5.69 Å². The molecule has 0 spiro atoms. The third-order valence-electron chi connectivity index (χ3n) is 5.75. The summed E-state index contributed by atoms with van der Waals surface area (Å²) in [5, 5.41) is 7.18. The molecule has 32 heavy (non-hydrogen) atoms. The number of aromatic nitrogens is 2. The van der Waals surface area contributed by atoms with Gasteiger partial charge in [-0.25, -0.2) is 4.68 Å². The van der Waals surface area contributed by atoms with E-state index in [0.717, 1.165) is 44.8 Å². The molecule has 7 heteroatoms. The molecule has 1 saturated heterocycles. The summed E-state index contributed by atoms with van der Waals surface area (Å²) in [7, 11) is 0. The molecule has 3 aromatic rings. The Kier molecular flexibility index (Phi) is 6.97. The maximum Gasteiger partial charge on any atom is 0.275 e. The lowest BCUT2D eigenvalue weighted by Crippen LogP contribution is -2.47. The van der Waals surface area contributed by atoms with Crippen molar-refractivity contribution in [3.8, 4) is 5.69 Å². The molecule has 0 aliphatic carbocycles. The van der Waals surface area contributed by atoms with E-state index in [2.05, 4.69) is 44.5 Å². The minimum absolute atomic E-state index is 0.0732. The smallest absolute Gasteiger partial charge is 0.275 e. The van der Waals surface area contributed by atoms with Gasteiger partial charge >= 0.3 is 0 Å². The number of rotatable bonds is 7. The second-order valence-corrected chi connectivity index (χ2v) is 8.02. The van der Waals surface area contributed by atoms with E-state index in [9.17, 15) is 9.59 Å². The predicted octanol–water partition coefficient (Wildman–Crippen LogP) is 2.48. The van der Waals surface area contributed by atoms with Crippen LogP contribution in [-0.2, 0) is 0 Å². The number of para-hydroxylation sites is 2. The van der Waals surface area contributed by atoms with Crippen LogP contribution >= 0.6 is 0 Å². The molecule has 7 nitrogen and oxygen atoms in total. The first-order valence-electron chi connectivity index (χ1n) is 11.1. The van der Waals surface area contributed by atoms with Crippen molar-refractivity contribution in [1.29, 1.82) is 0 Å². The van der Waals surface area contributed by atoms with E-state index in [1.807, 2.05) is 36.4 Å². The van der Waals surface area contributed by atoms with Gasteiger partial charge in [-0.2, -0.15) is 5.10 Å². The molecule has 1 amide bonds. The second-order valence-electron chi connectivity index (χ2n) is 8.02. The van der Waals surface area contributed by atoms with Crippen LogP contribution in [0.3, 0.4) is 0 Å². The summed E-state index contributed by atoms with van der Waals surface area (Å²) in [6.45, 7) is 7.25. The Morgan fingerprint density at radius 1 is 0.938 bits per heavy atom. The third-order valence-corrected chi connectivity index (χ3v) is 5.75. The minimum atomic E-state index is -0.423. The van der Waals surface area contributed by atoms with Crippen molar-refractivity contribution in [1.82, 2.24) is 20.0 Å². The fraction of sp³-hybridized carbons (Fsp3) is 0.320. The van der Waals surface area contributed by atoms with Gasteiger partial charge in [-0.1, -0.05) is 36.4 Å². The summed E-state index contributed by atoms with van der Waals surface area (Å²) in [5.41, 5.74) is 2.34. The van der Waals surface area contributed by atoms with Gasteiger partial charge in [-0.3, -0.25) is 14.5 Å². The van der Waals surface area contributed by atoms with Crippen LogP contribution in [0, 0.1) is 6.92 Å². The van der Waals surface area contributed by atoms with Gasteiger partial charge < -0.3 is 10.2 Å². The van der Waals surface area contributed by atoms with Crippen LogP contribution < -0.4 is 15.6 Å². The highest BCUT2D eigenvalue weighted by molar-refractivity contribution is 5.92. The topological polar surface area (TPSA) is 70.5 Å². The summed E-state index contributed by atoms with van der Waals surface area (Å²) in [6.07, 6.45) is 0.829. The maximum absolute atomic E-state index is 12.6. The number of hydrogen-bond acceptors (Lipinski definition) is 5. The largest absolute Gasteiger partial charge is 0.369 e. The van der Waals surface area contributed by atoms with Crippen molar-refractivity contribution in [3.63, 3.8) is 0 Å². The van der Waals surface area contributed by atoms with Crippen molar-refractivity contribution in [2.24, 2.45) is 0 Å². The normalized spacial score (nSPS) is 14.3. The SMILES string of the molecule is Cc1cc(=O)c(C(=O)NCCCN2CCN(c3ccccc3)CC2)nn1-c1ccccc1. The number of piperazine rings is 1. The first-order valence-corrected chi connectivity index (χ1v) is 11.1. The van der Waals surface area contributed by atoms with E-state index < -0.39 is 5.91 Å². The zero-order valence-corrected chi connectivity index (χ0v) is 18.4. The van der Waals surface area contributed by atoms with Gasteiger partial charge in [0.1, 0.15) is 0 Å². The summed E-state index contributed by atoms with van der Waals surface area (Å²) in [4.78, 5) is 29.8. The zero-order valence-electron chi connectivity index (χ0n) is 18.4. The molecule has 0 unspecified atom stereocenters. The molecule has 1 aliphatic heterocycles. The minimum Gasteiger partial charge on any atom is -0.369 e. The number of nitrogens with one attached hydrogen (secondary N) is 1. The van der Waals surface area contributed by atoms with Gasteiger partial charge in [0.25, 0.3) is 5.91 Å². The maximum atomic E-state index is 12.6. The average molecular weight is 432 g/mol. The fourth-order valence-corrected chi connectivity index (χ4v) is 3.99. The molecule has 1 aliphatic rings. The van der Waals surface area contributed by atoms with Gasteiger partial charge in [0.05, 0.1) is 5.69 Å². The highest BCUT2D eigenvalue weighted by Gasteiger charge is 2.18. The summed E-state index contributed by atoms with van der Waals surface area (Å²) in [6, 6.07) is 21.4. The van der Waals surface area contributed by atoms with Crippen molar-refractivity contribution >= 4 is 11.6 Å². The van der Waals surface area contributed by atoms with Gasteiger partial charge in [0, 0.05) is 50.2 Å². The number of nitrogens with zero attached hydrogens (tertiary/aromatic N) is 4. The van der Waals surface area contributed by atoms with Crippen LogP contribution in [0.1, 0.15) is 22.6 Å². The van der Waals surface area contributed by atoms with Gasteiger partial charge in [-0.15, -0.1) is 0 Å². The van der Waals surface area contributed by atoms with Gasteiger partial charge in [-0.05, 0) is 44.2 Å². The Labute approximate surface area is 188 Å². The van der Waals surface area contributed by atoms with E-state index in [0.29, 0.717) is 12.2 Å². The first kappa shape index (κ1) is 21.8. The van der Waals surface area contributed by atoms with Crippen molar-refractivity contribution < 1.29 is 4.79 Å². The number of carbonyl (C=O) groups is 1. The molecule has 1 aromatic heterocycles. The number of aryl methyl sites for hydroxylation is 1. The number of hydrogen-bond donors (Lipinski definition) is 1. The van der Waals surface area contributed by atoms with Crippen LogP contribution in [-0.4, -0.2) is 59.9 Å². The van der Waals surface area contributed by atoms with Crippen LogP contribution in [0.2, 0.25) is 0 Å². The quantitative estimate of drug-likeness (QED) is 0.582. The van der Waals surface area contributed by atoms with Gasteiger partial charge in [0.2, 0.25) is 5.43 Å². The Bertz CT molecular complexity index is 1090. The standard InChI is InChI=1S/C25H29N5O2/c1-20-19-23(31)24(27-30(20)22-11-6-3-7-12-22)25(32)26-13-8-14-28-15-17-29(18-16-28)21-9-4-2-5-10-21/h2-7,9-12,19H,8,13-18H2,1H3,(H,26,32). The second kappa shape index (κ2) is 10.2. The Balaban J connectivity index is 1.26. The van der Waals surface area contributed by atoms with Crippen molar-refractivity contribution in [2.45, 2.75) is 13.3 Å². The first-order chi connectivity index (χ1) is 15.6. The number of benzene rings is 2. The Morgan fingerprint density at radius 2 is 1.56 bits per heavy atom. The van der Waals surface area contributed by atoms with Crippen LogP contribution in [0.5, 0.6) is 0 Å². The zero-order chi connectivity index (χ0) is 22.3. The summed E-state index contributed by atoms with van der Waals surface area (Å²) in [5.74, 6) is -0.423. The predicted molar refractivity (Wildman–Crippen MR) is 127 cm³/mol. The molecule has 1 N–H and O–H groups in total. The molecule has 0 bridgehead atoms. The fourth-order valence-electron chi connectivity index (χ4n) is 3.99. The van der Waals surface area contributed by atoms with Crippen molar-refractivity contribution in [2.75, 3.05) is 44.2 Å². The molecule has 2 aromatic carbocycles. The van der Waals surface area contributed by atoms with Crippen molar-refractivity contribution in [3.05, 3.63) is 88.3 Å². The summed E-state index contributed by atoms with van der Waals surface area (Å²) >= 11 is 0. The number of carbonyl (C=O) groups excluding carboxylic acids is 1. The molecule has 4 rings (SSSR count). The molecule has 166 valence electrons. The lowest BCUT2D eigenvalue weighted by molar-refractivity contribution is 0.0943.